The molecule has 2 heterocycles. The Balaban J connectivity index is 2.13. The van der Waals surface area contributed by atoms with Gasteiger partial charge in [0.05, 0.1) is 12.3 Å². The number of amides is 1. The molecule has 1 fully saturated rings. The summed E-state index contributed by atoms with van der Waals surface area (Å²) in [5, 5.41) is 9.12. The molecule has 0 aromatic carbocycles. The van der Waals surface area contributed by atoms with Crippen molar-refractivity contribution in [2.24, 2.45) is 11.8 Å². The average Bonchev–Trinajstić information content (AvgIpc) is 3.04. The molecular formula is C15H13F3N2O4. The van der Waals surface area contributed by atoms with Crippen molar-refractivity contribution in [2.75, 3.05) is 13.1 Å². The number of hydrogen-bond acceptors (Lipinski definition) is 5. The molecule has 1 saturated heterocycles. The zero-order valence-corrected chi connectivity index (χ0v) is 12.6. The normalized spacial score (nSPS) is 19.2. The van der Waals surface area contributed by atoms with Gasteiger partial charge in [-0.05, 0) is 18.6 Å². The third-order valence-electron chi connectivity index (χ3n) is 3.75. The summed E-state index contributed by atoms with van der Waals surface area (Å²) in [6.07, 6.45) is -3.80. The van der Waals surface area contributed by atoms with Crippen LogP contribution in [0.2, 0.25) is 0 Å². The number of rotatable bonds is 5. The van der Waals surface area contributed by atoms with Gasteiger partial charge in [-0.1, -0.05) is 0 Å². The molecule has 1 aliphatic heterocycles. The lowest BCUT2D eigenvalue weighted by atomic mass is 9.88. The Morgan fingerprint density at radius 3 is 2.67 bits per heavy atom. The largest absolute Gasteiger partial charge is 0.461 e. The molecular weight excluding hydrogens is 329 g/mol. The summed E-state index contributed by atoms with van der Waals surface area (Å²) in [6.45, 7) is -0.363. The molecule has 0 unspecified atom stereocenters. The van der Waals surface area contributed by atoms with Gasteiger partial charge in [-0.2, -0.15) is 18.4 Å². The van der Waals surface area contributed by atoms with E-state index in [4.69, 9.17) is 9.68 Å². The van der Waals surface area contributed by atoms with Crippen LogP contribution < -0.4 is 0 Å². The number of alkyl halides is 3. The van der Waals surface area contributed by atoms with E-state index in [1.807, 2.05) is 0 Å². The number of hydrogen-bond donors (Lipinski definition) is 0. The van der Waals surface area contributed by atoms with Gasteiger partial charge in [0.2, 0.25) is 11.7 Å². The van der Waals surface area contributed by atoms with E-state index in [-0.39, 0.29) is 5.76 Å². The second-order valence-corrected chi connectivity index (χ2v) is 5.55. The zero-order valence-electron chi connectivity index (χ0n) is 12.6. The fraction of sp³-hybridized carbons (Fsp3) is 0.467. The van der Waals surface area contributed by atoms with Gasteiger partial charge in [-0.3, -0.25) is 14.4 Å². The molecule has 1 aliphatic rings. The third kappa shape index (κ3) is 3.64. The molecule has 1 amide bonds. The molecule has 0 radical (unpaired) electrons. The fourth-order valence-corrected chi connectivity index (χ4v) is 2.58. The molecule has 1 aromatic rings. The molecule has 0 saturated carbocycles. The summed E-state index contributed by atoms with van der Waals surface area (Å²) < 4.78 is 42.1. The number of halogens is 3. The van der Waals surface area contributed by atoms with Gasteiger partial charge in [0.1, 0.15) is 6.54 Å². The number of aryl methyl sites for hydroxylation is 1. The lowest BCUT2D eigenvalue weighted by molar-refractivity contribution is -0.157. The quantitative estimate of drug-likeness (QED) is 0.602. The summed E-state index contributed by atoms with van der Waals surface area (Å²) in [4.78, 5) is 36.7. The number of nitrogens with zero attached hydrogens (tertiary/aromatic N) is 2. The Labute approximate surface area is 134 Å². The standard InChI is InChI=1S/C15H13F3N2O4/c1-8-2-3-24-14(8)13(23)10(5-19)12(22)9-4-11(21)20(6-9)7-15(16,17)18/h2-3,9-10H,4,6-7H2,1H3/t9-,10-/m0/s1. The number of likely N-dealkylation sites (tertiary alicyclic amines) is 1. The highest BCUT2D eigenvalue weighted by molar-refractivity contribution is 6.13. The molecule has 0 spiro atoms. The first kappa shape index (κ1) is 17.7. The molecule has 24 heavy (non-hydrogen) atoms. The average molecular weight is 342 g/mol. The van der Waals surface area contributed by atoms with Crippen LogP contribution >= 0.6 is 0 Å². The molecule has 2 rings (SSSR count). The Morgan fingerprint density at radius 2 is 2.17 bits per heavy atom. The van der Waals surface area contributed by atoms with Gasteiger partial charge < -0.3 is 9.32 Å². The first-order chi connectivity index (χ1) is 11.1. The van der Waals surface area contributed by atoms with Crippen LogP contribution in [0.3, 0.4) is 0 Å². The van der Waals surface area contributed by atoms with Gasteiger partial charge in [0.25, 0.3) is 0 Å². The van der Waals surface area contributed by atoms with Gasteiger partial charge in [-0.15, -0.1) is 0 Å². The fourth-order valence-electron chi connectivity index (χ4n) is 2.58. The van der Waals surface area contributed by atoms with Crippen molar-refractivity contribution in [1.82, 2.24) is 4.90 Å². The van der Waals surface area contributed by atoms with E-state index < -0.39 is 55.0 Å². The van der Waals surface area contributed by atoms with Crippen LogP contribution in [0.25, 0.3) is 0 Å². The predicted molar refractivity (Wildman–Crippen MR) is 72.6 cm³/mol. The number of carbonyl (C=O) groups excluding carboxylic acids is 3. The maximum Gasteiger partial charge on any atom is 0.406 e. The van der Waals surface area contributed by atoms with Crippen molar-refractivity contribution in [3.8, 4) is 6.07 Å². The van der Waals surface area contributed by atoms with Gasteiger partial charge >= 0.3 is 6.18 Å². The second kappa shape index (κ2) is 6.47. The maximum absolute atomic E-state index is 12.4. The number of nitriles is 1. The summed E-state index contributed by atoms with van der Waals surface area (Å²) in [5.41, 5.74) is 0.439. The molecule has 2 atom stereocenters. The van der Waals surface area contributed by atoms with E-state index in [1.54, 1.807) is 13.0 Å². The van der Waals surface area contributed by atoms with E-state index in [9.17, 15) is 27.6 Å². The van der Waals surface area contributed by atoms with E-state index in [1.165, 1.54) is 12.3 Å². The highest BCUT2D eigenvalue weighted by Gasteiger charge is 2.44. The molecule has 0 bridgehead atoms. The number of furan rings is 1. The lowest BCUT2D eigenvalue weighted by Crippen LogP contribution is -2.36. The van der Waals surface area contributed by atoms with Gasteiger partial charge in [-0.25, -0.2) is 0 Å². The molecule has 128 valence electrons. The first-order valence-electron chi connectivity index (χ1n) is 7.00. The van der Waals surface area contributed by atoms with E-state index in [0.29, 0.717) is 10.5 Å². The molecule has 6 nitrogen and oxygen atoms in total. The van der Waals surface area contributed by atoms with Crippen LogP contribution in [-0.2, 0) is 9.59 Å². The van der Waals surface area contributed by atoms with Gasteiger partial charge in [0.15, 0.2) is 17.5 Å². The van der Waals surface area contributed by atoms with Crippen molar-refractivity contribution in [3.63, 3.8) is 0 Å². The predicted octanol–water partition coefficient (Wildman–Crippen LogP) is 1.89. The number of Topliss-reactive ketones (excluding diaryl/α,β-unsaturated/α-hetero) is 2. The van der Waals surface area contributed by atoms with Crippen LogP contribution in [0.1, 0.15) is 22.5 Å². The summed E-state index contributed by atoms with van der Waals surface area (Å²) in [5.74, 6) is -5.53. The topological polar surface area (TPSA) is 91.4 Å². The van der Waals surface area contributed by atoms with Crippen LogP contribution in [0.4, 0.5) is 13.2 Å². The SMILES string of the molecule is Cc1ccoc1C(=O)[C@@H](C#N)C(=O)[C@H]1CC(=O)N(CC(F)(F)F)C1. The highest BCUT2D eigenvalue weighted by atomic mass is 19.4. The van der Waals surface area contributed by atoms with Crippen LogP contribution in [0.15, 0.2) is 16.7 Å². The van der Waals surface area contributed by atoms with E-state index >= 15 is 0 Å². The minimum Gasteiger partial charge on any atom is -0.461 e. The van der Waals surface area contributed by atoms with E-state index in [0.717, 1.165) is 0 Å². The minimum absolute atomic E-state index is 0.147. The second-order valence-electron chi connectivity index (χ2n) is 5.55. The number of ketones is 2. The zero-order chi connectivity index (χ0) is 18.1. The van der Waals surface area contributed by atoms with Crippen molar-refractivity contribution in [2.45, 2.75) is 19.5 Å². The molecule has 1 aromatic heterocycles. The summed E-state index contributed by atoms with van der Waals surface area (Å²) >= 11 is 0. The smallest absolute Gasteiger partial charge is 0.406 e. The van der Waals surface area contributed by atoms with Crippen LogP contribution in [0, 0.1) is 30.1 Å². The van der Waals surface area contributed by atoms with E-state index in [2.05, 4.69) is 0 Å². The maximum atomic E-state index is 12.4. The van der Waals surface area contributed by atoms with Crippen molar-refractivity contribution >= 4 is 17.5 Å². The number of carbonyl (C=O) groups is 3. The Hall–Kier alpha value is -2.63. The minimum atomic E-state index is -4.58. The van der Waals surface area contributed by atoms with Gasteiger partial charge in [0, 0.05) is 18.9 Å². The van der Waals surface area contributed by atoms with Crippen molar-refractivity contribution < 1.29 is 32.0 Å². The lowest BCUT2D eigenvalue weighted by Gasteiger charge is -2.18. The monoisotopic (exact) mass is 342 g/mol. The Morgan fingerprint density at radius 1 is 1.50 bits per heavy atom. The third-order valence-corrected chi connectivity index (χ3v) is 3.75. The van der Waals surface area contributed by atoms with Crippen molar-refractivity contribution in [1.29, 1.82) is 5.26 Å². The summed E-state index contributed by atoms with van der Waals surface area (Å²) in [7, 11) is 0. The first-order valence-corrected chi connectivity index (χ1v) is 7.00. The molecule has 0 aliphatic carbocycles. The molecule has 0 N–H and O–H groups in total. The van der Waals surface area contributed by atoms with Crippen molar-refractivity contribution in [3.05, 3.63) is 23.7 Å². The van der Waals surface area contributed by atoms with Crippen LogP contribution in [-0.4, -0.2) is 41.6 Å². The molecule has 9 heteroatoms. The summed E-state index contributed by atoms with van der Waals surface area (Å²) in [6, 6.07) is 3.04. The Kier molecular flexibility index (Phi) is 4.78. The highest BCUT2D eigenvalue weighted by Crippen LogP contribution is 2.27. The van der Waals surface area contributed by atoms with Crippen LogP contribution in [0.5, 0.6) is 0 Å². The Bertz CT molecular complexity index is 717.